The van der Waals surface area contributed by atoms with Crippen molar-refractivity contribution in [3.05, 3.63) is 58.6 Å². The molecule has 0 aromatic heterocycles. The normalized spacial score (nSPS) is 14.8. The predicted octanol–water partition coefficient (Wildman–Crippen LogP) is 3.74. The van der Waals surface area contributed by atoms with E-state index in [0.717, 1.165) is 34.9 Å². The zero-order valence-electron chi connectivity index (χ0n) is 11.7. The number of ether oxygens (including phenoxy) is 2. The van der Waals surface area contributed by atoms with Gasteiger partial charge in [-0.25, -0.2) is 0 Å². The van der Waals surface area contributed by atoms with Crippen molar-refractivity contribution in [1.82, 2.24) is 0 Å². The Morgan fingerprint density at radius 3 is 2.48 bits per heavy atom. The zero-order chi connectivity index (χ0) is 14.7. The summed E-state index contributed by atoms with van der Waals surface area (Å²) in [5.41, 5.74) is 8.60. The van der Waals surface area contributed by atoms with Crippen molar-refractivity contribution in [2.75, 3.05) is 13.2 Å². The van der Waals surface area contributed by atoms with E-state index < -0.39 is 0 Å². The van der Waals surface area contributed by atoms with Crippen LogP contribution in [0.4, 0.5) is 0 Å². The van der Waals surface area contributed by atoms with Gasteiger partial charge in [0.05, 0.1) is 0 Å². The Morgan fingerprint density at radius 1 is 1.00 bits per heavy atom. The van der Waals surface area contributed by atoms with Gasteiger partial charge in [0.2, 0.25) is 0 Å². The Morgan fingerprint density at radius 2 is 1.71 bits per heavy atom. The molecule has 2 N–H and O–H groups in total. The third-order valence-electron chi connectivity index (χ3n) is 3.65. The molecule has 110 valence electrons. The minimum atomic E-state index is -0.0171. The zero-order valence-corrected chi connectivity index (χ0v) is 12.5. The number of fused-ring (bicyclic) bond motifs is 1. The molecule has 0 fully saturated rings. The van der Waals surface area contributed by atoms with Crippen molar-refractivity contribution in [2.24, 2.45) is 5.73 Å². The minimum Gasteiger partial charge on any atom is -0.486 e. The van der Waals surface area contributed by atoms with Gasteiger partial charge in [-0.05, 0) is 48.2 Å². The summed E-state index contributed by atoms with van der Waals surface area (Å²) in [5.74, 6) is 1.59. The lowest BCUT2D eigenvalue weighted by Gasteiger charge is -2.20. The van der Waals surface area contributed by atoms with Crippen molar-refractivity contribution in [1.29, 1.82) is 0 Å². The molecule has 4 heteroatoms. The molecule has 1 aliphatic rings. The maximum Gasteiger partial charge on any atom is 0.161 e. The molecule has 21 heavy (non-hydrogen) atoms. The summed E-state index contributed by atoms with van der Waals surface area (Å²) in [5, 5.41) is 0.759. The summed E-state index contributed by atoms with van der Waals surface area (Å²) >= 11 is 5.89. The fourth-order valence-corrected chi connectivity index (χ4v) is 2.56. The van der Waals surface area contributed by atoms with E-state index in [1.807, 2.05) is 42.5 Å². The highest BCUT2D eigenvalue weighted by atomic mass is 35.5. The summed E-state index contributed by atoms with van der Waals surface area (Å²) in [6.45, 7) is 1.20. The molecule has 1 aliphatic heterocycles. The number of aryl methyl sites for hydroxylation is 1. The van der Waals surface area contributed by atoms with Gasteiger partial charge >= 0.3 is 0 Å². The van der Waals surface area contributed by atoms with Gasteiger partial charge in [0.25, 0.3) is 0 Å². The van der Waals surface area contributed by atoms with Crippen LogP contribution in [0.25, 0.3) is 0 Å². The lowest BCUT2D eigenvalue weighted by Crippen LogP contribution is -2.17. The van der Waals surface area contributed by atoms with Gasteiger partial charge in [0.1, 0.15) is 13.2 Å². The molecular formula is C17H18ClNO2. The first-order valence-electron chi connectivity index (χ1n) is 7.12. The lowest BCUT2D eigenvalue weighted by molar-refractivity contribution is 0.171. The maximum absolute atomic E-state index is 6.28. The van der Waals surface area contributed by atoms with Crippen LogP contribution in [0.5, 0.6) is 11.5 Å². The van der Waals surface area contributed by atoms with Gasteiger partial charge in [-0.2, -0.15) is 0 Å². The SMILES string of the molecule is N[C@H](CCc1ccc(Cl)cc1)c1ccc2c(c1)OCCO2. The molecule has 3 nitrogen and oxygen atoms in total. The molecule has 0 saturated heterocycles. The number of nitrogens with two attached hydrogens (primary N) is 1. The van der Waals surface area contributed by atoms with Gasteiger partial charge in [-0.1, -0.05) is 29.8 Å². The molecule has 0 radical (unpaired) electrons. The highest BCUT2D eigenvalue weighted by Crippen LogP contribution is 2.33. The van der Waals surface area contributed by atoms with E-state index in [2.05, 4.69) is 0 Å². The number of benzene rings is 2. The first-order valence-corrected chi connectivity index (χ1v) is 7.50. The third-order valence-corrected chi connectivity index (χ3v) is 3.90. The van der Waals surface area contributed by atoms with Crippen LogP contribution in [0.3, 0.4) is 0 Å². The largest absolute Gasteiger partial charge is 0.486 e. The second kappa shape index (κ2) is 6.37. The molecule has 0 amide bonds. The Hall–Kier alpha value is -1.71. The van der Waals surface area contributed by atoms with Crippen LogP contribution in [0.1, 0.15) is 23.6 Å². The average molecular weight is 304 g/mol. The Bertz CT molecular complexity index is 613. The van der Waals surface area contributed by atoms with Crippen LogP contribution in [-0.2, 0) is 6.42 Å². The topological polar surface area (TPSA) is 44.5 Å². The van der Waals surface area contributed by atoms with E-state index in [4.69, 9.17) is 26.8 Å². The molecule has 2 aromatic rings. The molecule has 2 aromatic carbocycles. The molecule has 0 spiro atoms. The molecule has 1 atom stereocenters. The van der Waals surface area contributed by atoms with E-state index in [1.165, 1.54) is 5.56 Å². The molecule has 0 bridgehead atoms. The summed E-state index contributed by atoms with van der Waals surface area (Å²) in [4.78, 5) is 0. The van der Waals surface area contributed by atoms with Crippen molar-refractivity contribution in [3.63, 3.8) is 0 Å². The molecule has 3 rings (SSSR count). The van der Waals surface area contributed by atoms with E-state index >= 15 is 0 Å². The van der Waals surface area contributed by atoms with Crippen LogP contribution < -0.4 is 15.2 Å². The fraction of sp³-hybridized carbons (Fsp3) is 0.294. The molecule has 0 aliphatic carbocycles. The first kappa shape index (κ1) is 14.2. The Labute approximate surface area is 129 Å². The van der Waals surface area contributed by atoms with Gasteiger partial charge in [0.15, 0.2) is 11.5 Å². The van der Waals surface area contributed by atoms with Crippen LogP contribution in [0.2, 0.25) is 5.02 Å². The highest BCUT2D eigenvalue weighted by Gasteiger charge is 2.14. The van der Waals surface area contributed by atoms with E-state index in [9.17, 15) is 0 Å². The van der Waals surface area contributed by atoms with Crippen LogP contribution >= 0.6 is 11.6 Å². The Kier molecular flexibility index (Phi) is 4.32. The molecular weight excluding hydrogens is 286 g/mol. The molecule has 0 unspecified atom stereocenters. The summed E-state index contributed by atoms with van der Waals surface area (Å²) in [7, 11) is 0. The quantitative estimate of drug-likeness (QED) is 0.935. The monoisotopic (exact) mass is 303 g/mol. The third kappa shape index (κ3) is 3.49. The van der Waals surface area contributed by atoms with E-state index in [0.29, 0.717) is 13.2 Å². The van der Waals surface area contributed by atoms with Gasteiger partial charge in [-0.15, -0.1) is 0 Å². The van der Waals surface area contributed by atoms with Gasteiger partial charge in [0, 0.05) is 11.1 Å². The van der Waals surface area contributed by atoms with Gasteiger partial charge < -0.3 is 15.2 Å². The highest BCUT2D eigenvalue weighted by molar-refractivity contribution is 6.30. The molecule has 0 saturated carbocycles. The van der Waals surface area contributed by atoms with Crippen molar-refractivity contribution >= 4 is 11.6 Å². The minimum absolute atomic E-state index is 0.0171. The first-order chi connectivity index (χ1) is 10.2. The molecule has 1 heterocycles. The van der Waals surface area contributed by atoms with E-state index in [-0.39, 0.29) is 6.04 Å². The maximum atomic E-state index is 6.28. The summed E-state index contributed by atoms with van der Waals surface area (Å²) in [6, 6.07) is 13.8. The van der Waals surface area contributed by atoms with Crippen LogP contribution in [0, 0.1) is 0 Å². The Balaban J connectivity index is 1.65. The predicted molar refractivity (Wildman–Crippen MR) is 84.1 cm³/mol. The van der Waals surface area contributed by atoms with E-state index in [1.54, 1.807) is 0 Å². The summed E-state index contributed by atoms with van der Waals surface area (Å²) < 4.78 is 11.1. The standard InChI is InChI=1S/C17H18ClNO2/c18-14-5-1-12(2-6-14)3-7-15(19)13-4-8-16-17(11-13)21-10-9-20-16/h1-2,4-6,8,11,15H,3,7,9-10,19H2/t15-/m1/s1. The van der Waals surface area contributed by atoms with Gasteiger partial charge in [-0.3, -0.25) is 0 Å². The van der Waals surface area contributed by atoms with Crippen molar-refractivity contribution in [2.45, 2.75) is 18.9 Å². The average Bonchev–Trinajstić information content (AvgIpc) is 2.53. The van der Waals surface area contributed by atoms with Crippen LogP contribution in [0.15, 0.2) is 42.5 Å². The number of hydrogen-bond acceptors (Lipinski definition) is 3. The summed E-state index contributed by atoms with van der Waals surface area (Å²) in [6.07, 6.45) is 1.80. The second-order valence-corrected chi connectivity index (χ2v) is 5.61. The van der Waals surface area contributed by atoms with Crippen molar-refractivity contribution < 1.29 is 9.47 Å². The number of halogens is 1. The van der Waals surface area contributed by atoms with Crippen LogP contribution in [-0.4, -0.2) is 13.2 Å². The smallest absolute Gasteiger partial charge is 0.161 e. The second-order valence-electron chi connectivity index (χ2n) is 5.17. The fourth-order valence-electron chi connectivity index (χ4n) is 2.43. The lowest BCUT2D eigenvalue weighted by atomic mass is 9.99. The van der Waals surface area contributed by atoms with Crippen molar-refractivity contribution in [3.8, 4) is 11.5 Å². The number of rotatable bonds is 4. The number of hydrogen-bond donors (Lipinski definition) is 1.